The molecular formula is C11H17Br. The fourth-order valence-corrected chi connectivity index (χ4v) is 1.10. The van der Waals surface area contributed by atoms with Gasteiger partial charge in [-0.15, -0.1) is 0 Å². The lowest BCUT2D eigenvalue weighted by Crippen LogP contribution is -1.85. The summed E-state index contributed by atoms with van der Waals surface area (Å²) in [5.74, 6) is 0.620. The molecule has 0 amide bonds. The standard InChI is InChI=1S/C11H17Br/c1-3-4-8-11(2)9-6-5-7-10-12/h3-6,8,11H,1,7,9-10H2,2H3/b6-5+,8-4+. The second-order valence-corrected chi connectivity index (χ2v) is 3.58. The van der Waals surface area contributed by atoms with Crippen molar-refractivity contribution in [3.63, 3.8) is 0 Å². The van der Waals surface area contributed by atoms with Gasteiger partial charge < -0.3 is 0 Å². The van der Waals surface area contributed by atoms with Crippen molar-refractivity contribution in [2.24, 2.45) is 5.92 Å². The van der Waals surface area contributed by atoms with E-state index >= 15 is 0 Å². The molecule has 1 unspecified atom stereocenters. The van der Waals surface area contributed by atoms with Crippen molar-refractivity contribution in [2.45, 2.75) is 19.8 Å². The van der Waals surface area contributed by atoms with Gasteiger partial charge in [-0.1, -0.05) is 59.8 Å². The van der Waals surface area contributed by atoms with E-state index in [1.807, 2.05) is 12.2 Å². The third-order valence-electron chi connectivity index (χ3n) is 1.53. The van der Waals surface area contributed by atoms with Crippen LogP contribution in [0.2, 0.25) is 0 Å². The minimum absolute atomic E-state index is 0.620. The minimum Gasteiger partial charge on any atom is -0.0991 e. The molecular weight excluding hydrogens is 212 g/mol. The van der Waals surface area contributed by atoms with Crippen LogP contribution in [0, 0.1) is 5.92 Å². The first-order valence-electron chi connectivity index (χ1n) is 4.31. The maximum Gasteiger partial charge on any atom is 0.00659 e. The quantitative estimate of drug-likeness (QED) is 0.365. The maximum absolute atomic E-state index is 3.63. The van der Waals surface area contributed by atoms with E-state index in [2.05, 4.69) is 47.7 Å². The van der Waals surface area contributed by atoms with Crippen molar-refractivity contribution in [1.82, 2.24) is 0 Å². The zero-order valence-corrected chi connectivity index (χ0v) is 9.26. The van der Waals surface area contributed by atoms with Gasteiger partial charge in [0, 0.05) is 5.33 Å². The summed E-state index contributed by atoms with van der Waals surface area (Å²) >= 11 is 3.38. The Balaban J connectivity index is 3.48. The average molecular weight is 229 g/mol. The molecule has 0 spiro atoms. The number of hydrogen-bond donors (Lipinski definition) is 0. The molecule has 0 aliphatic heterocycles. The fraction of sp³-hybridized carbons (Fsp3) is 0.455. The number of rotatable bonds is 6. The molecule has 0 radical (unpaired) electrons. The van der Waals surface area contributed by atoms with Gasteiger partial charge in [-0.05, 0) is 18.8 Å². The van der Waals surface area contributed by atoms with Crippen LogP contribution >= 0.6 is 15.9 Å². The van der Waals surface area contributed by atoms with Crippen LogP contribution < -0.4 is 0 Å². The number of allylic oxidation sites excluding steroid dienone is 5. The largest absolute Gasteiger partial charge is 0.0991 e. The lowest BCUT2D eigenvalue weighted by atomic mass is 10.1. The van der Waals surface area contributed by atoms with Crippen molar-refractivity contribution in [3.8, 4) is 0 Å². The Labute approximate surface area is 84.2 Å². The number of halogens is 1. The topological polar surface area (TPSA) is 0 Å². The van der Waals surface area contributed by atoms with Crippen LogP contribution in [-0.2, 0) is 0 Å². The van der Waals surface area contributed by atoms with Gasteiger partial charge >= 0.3 is 0 Å². The Morgan fingerprint density at radius 3 is 2.75 bits per heavy atom. The molecule has 0 saturated carbocycles. The van der Waals surface area contributed by atoms with E-state index in [-0.39, 0.29) is 0 Å². The van der Waals surface area contributed by atoms with E-state index in [1.54, 1.807) is 0 Å². The van der Waals surface area contributed by atoms with Crippen molar-refractivity contribution in [1.29, 1.82) is 0 Å². The molecule has 0 saturated heterocycles. The summed E-state index contributed by atoms with van der Waals surface area (Å²) in [5.41, 5.74) is 0. The monoisotopic (exact) mass is 228 g/mol. The van der Waals surface area contributed by atoms with Crippen LogP contribution in [-0.4, -0.2) is 5.33 Å². The zero-order valence-electron chi connectivity index (χ0n) is 7.67. The van der Waals surface area contributed by atoms with Gasteiger partial charge in [-0.2, -0.15) is 0 Å². The Morgan fingerprint density at radius 2 is 2.17 bits per heavy atom. The average Bonchev–Trinajstić information content (AvgIpc) is 2.09. The minimum atomic E-state index is 0.620. The Morgan fingerprint density at radius 1 is 1.42 bits per heavy atom. The summed E-state index contributed by atoms with van der Waals surface area (Å²) in [6.45, 7) is 5.84. The number of alkyl halides is 1. The first-order valence-corrected chi connectivity index (χ1v) is 5.43. The molecule has 0 fully saturated rings. The summed E-state index contributed by atoms with van der Waals surface area (Å²) < 4.78 is 0. The SMILES string of the molecule is C=C/C=C/C(C)C/C=C/CCBr. The first kappa shape index (κ1) is 11.7. The highest BCUT2D eigenvalue weighted by Gasteiger charge is 1.90. The van der Waals surface area contributed by atoms with Gasteiger partial charge in [0.05, 0.1) is 0 Å². The van der Waals surface area contributed by atoms with Gasteiger partial charge in [0.1, 0.15) is 0 Å². The molecule has 1 atom stereocenters. The third-order valence-corrected chi connectivity index (χ3v) is 1.98. The summed E-state index contributed by atoms with van der Waals surface area (Å²) in [7, 11) is 0. The highest BCUT2D eigenvalue weighted by Crippen LogP contribution is 2.05. The van der Waals surface area contributed by atoms with Crippen LogP contribution in [0.1, 0.15) is 19.8 Å². The van der Waals surface area contributed by atoms with Gasteiger partial charge in [0.25, 0.3) is 0 Å². The highest BCUT2D eigenvalue weighted by molar-refractivity contribution is 9.09. The molecule has 0 aromatic carbocycles. The third kappa shape index (κ3) is 7.80. The summed E-state index contributed by atoms with van der Waals surface area (Å²) in [4.78, 5) is 0. The van der Waals surface area contributed by atoms with Crippen molar-refractivity contribution in [3.05, 3.63) is 37.0 Å². The van der Waals surface area contributed by atoms with Crippen molar-refractivity contribution >= 4 is 15.9 Å². The predicted octanol–water partition coefficient (Wildman–Crippen LogP) is 4.10. The fourth-order valence-electron chi connectivity index (χ4n) is 0.839. The summed E-state index contributed by atoms with van der Waals surface area (Å²) in [6, 6.07) is 0. The molecule has 0 heterocycles. The van der Waals surface area contributed by atoms with Crippen LogP contribution in [0.3, 0.4) is 0 Å². The molecule has 0 aromatic rings. The molecule has 0 N–H and O–H groups in total. The summed E-state index contributed by atoms with van der Waals surface area (Å²) in [5, 5.41) is 1.06. The van der Waals surface area contributed by atoms with Crippen molar-refractivity contribution < 1.29 is 0 Å². The number of hydrogen-bond acceptors (Lipinski definition) is 0. The second-order valence-electron chi connectivity index (χ2n) is 2.78. The van der Waals surface area contributed by atoms with Gasteiger partial charge in [-0.25, -0.2) is 0 Å². The lowest BCUT2D eigenvalue weighted by molar-refractivity contribution is 0.743. The van der Waals surface area contributed by atoms with Crippen LogP contribution in [0.15, 0.2) is 37.0 Å². The van der Waals surface area contributed by atoms with Crippen LogP contribution in [0.4, 0.5) is 0 Å². The highest BCUT2D eigenvalue weighted by atomic mass is 79.9. The molecule has 12 heavy (non-hydrogen) atoms. The van der Waals surface area contributed by atoms with Crippen molar-refractivity contribution in [2.75, 3.05) is 5.33 Å². The smallest absolute Gasteiger partial charge is 0.00659 e. The molecule has 0 aliphatic carbocycles. The molecule has 1 heteroatoms. The van der Waals surface area contributed by atoms with Crippen LogP contribution in [0.25, 0.3) is 0 Å². The molecule has 68 valence electrons. The van der Waals surface area contributed by atoms with Crippen LogP contribution in [0.5, 0.6) is 0 Å². The molecule has 0 aliphatic rings. The Bertz CT molecular complexity index is 156. The van der Waals surface area contributed by atoms with E-state index in [0.29, 0.717) is 5.92 Å². The predicted molar refractivity (Wildman–Crippen MR) is 60.7 cm³/mol. The van der Waals surface area contributed by atoms with E-state index in [0.717, 1.165) is 18.2 Å². The summed E-state index contributed by atoms with van der Waals surface area (Å²) in [6.07, 6.45) is 12.7. The normalized spacial score (nSPS) is 14.2. The zero-order chi connectivity index (χ0) is 9.23. The van der Waals surface area contributed by atoms with E-state index in [1.165, 1.54) is 0 Å². The molecule has 0 rings (SSSR count). The second kappa shape index (κ2) is 8.79. The van der Waals surface area contributed by atoms with Gasteiger partial charge in [0.15, 0.2) is 0 Å². The van der Waals surface area contributed by atoms with Gasteiger partial charge in [-0.3, -0.25) is 0 Å². The molecule has 0 bridgehead atoms. The Kier molecular flexibility index (Phi) is 8.57. The Hall–Kier alpha value is -0.300. The van der Waals surface area contributed by atoms with E-state index in [9.17, 15) is 0 Å². The lowest BCUT2D eigenvalue weighted by Gasteiger charge is -1.99. The van der Waals surface area contributed by atoms with E-state index in [4.69, 9.17) is 0 Å². The first-order chi connectivity index (χ1) is 5.81. The van der Waals surface area contributed by atoms with Gasteiger partial charge in [0.2, 0.25) is 0 Å². The maximum atomic E-state index is 3.63. The molecule has 0 nitrogen and oxygen atoms in total. The molecule has 0 aromatic heterocycles. The van der Waals surface area contributed by atoms with E-state index < -0.39 is 0 Å².